The molecule has 1 aromatic rings. The molecule has 0 aromatic heterocycles. The Hall–Kier alpha value is -1.05. The van der Waals surface area contributed by atoms with Crippen LogP contribution in [0.15, 0.2) is 24.3 Å². The largest absolute Gasteiger partial charge is 0.390 e. The second kappa shape index (κ2) is 8.17. The number of nitrogens with zero attached hydrogens (tertiary/aromatic N) is 2. The van der Waals surface area contributed by atoms with E-state index in [4.69, 9.17) is 9.47 Å². The van der Waals surface area contributed by atoms with Crippen LogP contribution in [0.1, 0.15) is 11.7 Å². The van der Waals surface area contributed by atoms with Crippen LogP contribution in [-0.4, -0.2) is 80.1 Å². The van der Waals surface area contributed by atoms with Crippen molar-refractivity contribution in [3.05, 3.63) is 35.6 Å². The van der Waals surface area contributed by atoms with Crippen LogP contribution in [0.4, 0.5) is 4.39 Å². The lowest BCUT2D eigenvalue weighted by Crippen LogP contribution is -2.47. The normalized spacial score (nSPS) is 25.4. The van der Waals surface area contributed by atoms with E-state index in [1.165, 1.54) is 12.1 Å². The molecule has 0 aliphatic carbocycles. The zero-order valence-electron chi connectivity index (χ0n) is 13.4. The summed E-state index contributed by atoms with van der Waals surface area (Å²) in [7, 11) is 0. The highest BCUT2D eigenvalue weighted by Crippen LogP contribution is 2.22. The van der Waals surface area contributed by atoms with Crippen molar-refractivity contribution in [1.82, 2.24) is 9.80 Å². The summed E-state index contributed by atoms with van der Waals surface area (Å²) in [6, 6.07) is 6.47. The third kappa shape index (κ3) is 4.96. The van der Waals surface area contributed by atoms with Gasteiger partial charge >= 0.3 is 0 Å². The van der Waals surface area contributed by atoms with E-state index < -0.39 is 0 Å². The van der Waals surface area contributed by atoms with Gasteiger partial charge in [-0.1, -0.05) is 12.1 Å². The van der Waals surface area contributed by atoms with Crippen molar-refractivity contribution in [2.45, 2.75) is 12.2 Å². The molecule has 2 aliphatic rings. The summed E-state index contributed by atoms with van der Waals surface area (Å²) < 4.78 is 24.1. The fourth-order valence-corrected chi connectivity index (χ4v) is 3.19. The molecule has 0 spiro atoms. The average Bonchev–Trinajstić information content (AvgIpc) is 2.56. The van der Waals surface area contributed by atoms with Crippen LogP contribution in [0, 0.1) is 5.82 Å². The van der Waals surface area contributed by atoms with Gasteiger partial charge in [0.25, 0.3) is 0 Å². The number of hydrogen-bond donors (Lipinski definition) is 1. The highest BCUT2D eigenvalue weighted by Gasteiger charge is 2.24. The van der Waals surface area contributed by atoms with Crippen LogP contribution in [0.3, 0.4) is 0 Å². The molecule has 23 heavy (non-hydrogen) atoms. The maximum Gasteiger partial charge on any atom is 0.123 e. The lowest BCUT2D eigenvalue weighted by Gasteiger charge is -2.35. The van der Waals surface area contributed by atoms with Crippen molar-refractivity contribution in [3.63, 3.8) is 0 Å². The van der Waals surface area contributed by atoms with Crippen molar-refractivity contribution >= 4 is 0 Å². The first-order chi connectivity index (χ1) is 11.2. The predicted octanol–water partition coefficient (Wildman–Crippen LogP) is 0.892. The summed E-state index contributed by atoms with van der Waals surface area (Å²) in [6.07, 6.45) is -0.431. The van der Waals surface area contributed by atoms with Crippen LogP contribution in [0.25, 0.3) is 0 Å². The molecule has 6 heteroatoms. The lowest BCUT2D eigenvalue weighted by molar-refractivity contribution is -0.0486. The monoisotopic (exact) mass is 324 g/mol. The number of rotatable bonds is 5. The smallest absolute Gasteiger partial charge is 0.123 e. The second-order valence-electron chi connectivity index (χ2n) is 6.24. The summed E-state index contributed by atoms with van der Waals surface area (Å²) in [4.78, 5) is 4.47. The average molecular weight is 324 g/mol. The number of morpholine rings is 2. The number of benzene rings is 1. The van der Waals surface area contributed by atoms with E-state index in [0.29, 0.717) is 19.7 Å². The summed E-state index contributed by atoms with van der Waals surface area (Å²) in [6.45, 7) is 6.76. The fraction of sp³-hybridized carbons (Fsp3) is 0.647. The highest BCUT2D eigenvalue weighted by atomic mass is 19.1. The van der Waals surface area contributed by atoms with E-state index in [0.717, 1.165) is 45.0 Å². The Balaban J connectivity index is 1.48. The quantitative estimate of drug-likeness (QED) is 0.872. The van der Waals surface area contributed by atoms with Gasteiger partial charge in [-0.15, -0.1) is 0 Å². The Morgan fingerprint density at radius 2 is 1.70 bits per heavy atom. The minimum absolute atomic E-state index is 0.0556. The van der Waals surface area contributed by atoms with Crippen molar-refractivity contribution in [2.24, 2.45) is 0 Å². The molecule has 3 rings (SSSR count). The minimum Gasteiger partial charge on any atom is -0.390 e. The second-order valence-corrected chi connectivity index (χ2v) is 6.24. The van der Waals surface area contributed by atoms with Crippen molar-refractivity contribution in [2.75, 3.05) is 59.1 Å². The number of halogens is 1. The molecule has 5 nitrogen and oxygen atoms in total. The molecule has 0 amide bonds. The van der Waals surface area contributed by atoms with Gasteiger partial charge in [0, 0.05) is 39.3 Å². The maximum absolute atomic E-state index is 13.0. The van der Waals surface area contributed by atoms with Crippen LogP contribution in [0.2, 0.25) is 0 Å². The van der Waals surface area contributed by atoms with Gasteiger partial charge in [-0.25, -0.2) is 4.39 Å². The lowest BCUT2D eigenvalue weighted by atomic mass is 10.1. The molecule has 1 N–H and O–H groups in total. The van der Waals surface area contributed by atoms with E-state index >= 15 is 0 Å². The summed E-state index contributed by atoms with van der Waals surface area (Å²) >= 11 is 0. The van der Waals surface area contributed by atoms with Crippen LogP contribution >= 0.6 is 0 Å². The van der Waals surface area contributed by atoms with Crippen molar-refractivity contribution < 1.29 is 19.0 Å². The topological polar surface area (TPSA) is 45.2 Å². The Kier molecular flexibility index (Phi) is 5.96. The molecule has 0 radical (unpaired) electrons. The molecule has 2 heterocycles. The van der Waals surface area contributed by atoms with Crippen LogP contribution < -0.4 is 0 Å². The van der Waals surface area contributed by atoms with E-state index in [2.05, 4.69) is 9.80 Å². The molecule has 2 fully saturated rings. The van der Waals surface area contributed by atoms with Crippen molar-refractivity contribution in [3.8, 4) is 0 Å². The Bertz CT molecular complexity index is 479. The molecule has 2 atom stereocenters. The van der Waals surface area contributed by atoms with E-state index in [1.807, 2.05) is 0 Å². The van der Waals surface area contributed by atoms with Gasteiger partial charge in [-0.2, -0.15) is 0 Å². The zero-order valence-corrected chi connectivity index (χ0v) is 13.4. The number of β-amino-alcohol motifs (C(OH)–C–C–N with tert-alkyl or cyclic N) is 1. The predicted molar refractivity (Wildman–Crippen MR) is 84.8 cm³/mol. The Morgan fingerprint density at radius 3 is 2.43 bits per heavy atom. The van der Waals surface area contributed by atoms with Crippen LogP contribution in [-0.2, 0) is 9.47 Å². The fourth-order valence-electron chi connectivity index (χ4n) is 3.19. The molecular weight excluding hydrogens is 299 g/mol. The van der Waals surface area contributed by atoms with Gasteiger partial charge in [-0.3, -0.25) is 9.80 Å². The van der Waals surface area contributed by atoms with Crippen molar-refractivity contribution in [1.29, 1.82) is 0 Å². The molecule has 2 unspecified atom stereocenters. The summed E-state index contributed by atoms with van der Waals surface area (Å²) in [5, 5.41) is 10.3. The molecule has 0 bridgehead atoms. The number of aliphatic hydroxyl groups excluding tert-OH is 1. The van der Waals surface area contributed by atoms with Gasteiger partial charge in [0.05, 0.1) is 32.0 Å². The summed E-state index contributed by atoms with van der Waals surface area (Å²) in [5.41, 5.74) is 0.985. The first kappa shape index (κ1) is 16.8. The SMILES string of the molecule is OC(CN1CCOCC1)CN1CCOC(c2ccc(F)cc2)C1. The summed E-state index contributed by atoms with van der Waals surface area (Å²) in [5.74, 6) is -0.234. The van der Waals surface area contributed by atoms with Gasteiger partial charge in [0.1, 0.15) is 5.82 Å². The van der Waals surface area contributed by atoms with Gasteiger partial charge < -0.3 is 14.6 Å². The third-order valence-corrected chi connectivity index (χ3v) is 4.43. The molecule has 128 valence electrons. The van der Waals surface area contributed by atoms with Crippen LogP contribution in [0.5, 0.6) is 0 Å². The van der Waals surface area contributed by atoms with E-state index in [-0.39, 0.29) is 18.0 Å². The number of aliphatic hydroxyl groups is 1. The maximum atomic E-state index is 13.0. The molecule has 2 saturated heterocycles. The molecule has 0 saturated carbocycles. The molecule has 2 aliphatic heterocycles. The minimum atomic E-state index is -0.375. The zero-order chi connectivity index (χ0) is 16.1. The first-order valence-electron chi connectivity index (χ1n) is 8.28. The standard InChI is InChI=1S/C17H25FN2O3/c18-15-3-1-14(2-4-15)17-13-20(7-10-23-17)12-16(21)11-19-5-8-22-9-6-19/h1-4,16-17,21H,5-13H2. The Morgan fingerprint density at radius 1 is 1.04 bits per heavy atom. The van der Waals surface area contributed by atoms with Gasteiger partial charge in [-0.05, 0) is 17.7 Å². The van der Waals surface area contributed by atoms with Gasteiger partial charge in [0.15, 0.2) is 0 Å². The Labute approximate surface area is 136 Å². The van der Waals surface area contributed by atoms with E-state index in [1.54, 1.807) is 12.1 Å². The first-order valence-corrected chi connectivity index (χ1v) is 8.28. The molecule has 1 aromatic carbocycles. The van der Waals surface area contributed by atoms with Gasteiger partial charge in [0.2, 0.25) is 0 Å². The van der Waals surface area contributed by atoms with E-state index in [9.17, 15) is 9.50 Å². The molecular formula is C17H25FN2O3. The third-order valence-electron chi connectivity index (χ3n) is 4.43. The highest BCUT2D eigenvalue weighted by molar-refractivity contribution is 5.19. The number of ether oxygens (including phenoxy) is 2. The number of hydrogen-bond acceptors (Lipinski definition) is 5.